The second kappa shape index (κ2) is 7.91. The minimum atomic E-state index is -0.875. The third kappa shape index (κ3) is 4.44. The number of hydrogen-bond donors (Lipinski definition) is 2. The van der Waals surface area contributed by atoms with Crippen LogP contribution in [0.4, 0.5) is 0 Å². The van der Waals surface area contributed by atoms with Crippen molar-refractivity contribution >= 4 is 11.2 Å². The minimum absolute atomic E-state index is 0.0688. The van der Waals surface area contributed by atoms with Crippen molar-refractivity contribution in [1.29, 1.82) is 0 Å². The van der Waals surface area contributed by atoms with Crippen molar-refractivity contribution in [3.8, 4) is 11.3 Å². The quantitative estimate of drug-likeness (QED) is 0.803. The smallest absolute Gasteiger partial charge is 0.125 e. The highest BCUT2D eigenvalue weighted by Gasteiger charge is 2.32. The Hall–Kier alpha value is -1.34. The topological polar surface area (TPSA) is 75.2 Å². The first kappa shape index (κ1) is 18.5. The molecule has 3 rings (SSSR count). The zero-order valence-corrected chi connectivity index (χ0v) is 15.9. The summed E-state index contributed by atoms with van der Waals surface area (Å²) in [6.45, 7) is 5.37. The number of aromatic nitrogens is 2. The Balaban J connectivity index is 1.79. The van der Waals surface area contributed by atoms with Crippen LogP contribution in [0.25, 0.3) is 11.3 Å². The average Bonchev–Trinajstić information content (AvgIpc) is 3.05. The number of β-amino-alcohol motifs (C(OH)–C–C–N with tert-alkyl or cyclic N) is 1. The first-order chi connectivity index (χ1) is 11.9. The predicted octanol–water partition coefficient (Wildman–Crippen LogP) is 2.65. The van der Waals surface area contributed by atoms with Crippen LogP contribution in [0.3, 0.4) is 0 Å². The molecule has 2 heterocycles. The van der Waals surface area contributed by atoms with Crippen LogP contribution in [0.2, 0.25) is 0 Å². The van der Waals surface area contributed by atoms with E-state index in [1.165, 1.54) is 5.56 Å². The van der Waals surface area contributed by atoms with Crippen molar-refractivity contribution in [1.82, 2.24) is 14.9 Å². The van der Waals surface area contributed by atoms with Crippen molar-refractivity contribution in [3.05, 3.63) is 41.9 Å². The van der Waals surface area contributed by atoms with Crippen molar-refractivity contribution in [2.24, 2.45) is 0 Å². The summed E-state index contributed by atoms with van der Waals surface area (Å²) < 4.78 is 11.8. The molecule has 5 nitrogen and oxygen atoms in total. The molecule has 0 radical (unpaired) electrons. The summed E-state index contributed by atoms with van der Waals surface area (Å²) in [5.74, 6) is 0.927. The first-order valence-electron chi connectivity index (χ1n) is 8.80. The van der Waals surface area contributed by atoms with Crippen LogP contribution in [0.1, 0.15) is 37.2 Å². The molecule has 136 valence electrons. The van der Waals surface area contributed by atoms with Gasteiger partial charge in [-0.1, -0.05) is 41.0 Å². The van der Waals surface area contributed by atoms with Gasteiger partial charge in [0.25, 0.3) is 0 Å². The number of H-pyrrole nitrogens is 1. The van der Waals surface area contributed by atoms with Gasteiger partial charge in [-0.25, -0.2) is 4.98 Å². The molecule has 6 heteroatoms. The molecule has 0 amide bonds. The molecule has 1 saturated heterocycles. The largest absolute Gasteiger partial charge is 0.616 e. The Morgan fingerprint density at radius 1 is 1.36 bits per heavy atom. The lowest BCUT2D eigenvalue weighted by Crippen LogP contribution is -2.45. The fourth-order valence-electron chi connectivity index (χ4n) is 3.35. The summed E-state index contributed by atoms with van der Waals surface area (Å²) in [5, 5.41) is 10.1. The molecule has 2 N–H and O–H groups in total. The molecule has 25 heavy (non-hydrogen) atoms. The molecule has 1 aliphatic rings. The third-order valence-electron chi connectivity index (χ3n) is 4.99. The number of rotatable bonds is 5. The summed E-state index contributed by atoms with van der Waals surface area (Å²) in [4.78, 5) is 10.3. The Kier molecular flexibility index (Phi) is 5.84. The van der Waals surface area contributed by atoms with Crippen LogP contribution in [0, 0.1) is 6.92 Å². The van der Waals surface area contributed by atoms with E-state index in [9.17, 15) is 9.66 Å². The van der Waals surface area contributed by atoms with Gasteiger partial charge in [0, 0.05) is 13.1 Å². The van der Waals surface area contributed by atoms with E-state index >= 15 is 0 Å². The zero-order chi connectivity index (χ0) is 18.0. The number of hydrogen-bond acceptors (Lipinski definition) is 4. The zero-order valence-electron chi connectivity index (χ0n) is 15.1. The second-order valence-electron chi connectivity index (χ2n) is 7.06. The molecule has 1 fully saturated rings. The molecule has 0 bridgehead atoms. The standard InChI is InChI=1S/C19H27N3O2S/c1-13-4-6-15(7-5-13)17-10-20-19(21-17)18-9-8-16(23)12-22(18)11-14(2)25(3)24/h4-7,10,14,16,18,23H,8-9,11-12H2,1-3H3,(H,20,21). The maximum atomic E-state index is 11.8. The number of aryl methyl sites for hydroxylation is 1. The Morgan fingerprint density at radius 2 is 2.08 bits per heavy atom. The van der Waals surface area contributed by atoms with E-state index in [1.807, 2.05) is 13.1 Å². The lowest BCUT2D eigenvalue weighted by molar-refractivity contribution is 0.0325. The van der Waals surface area contributed by atoms with Crippen molar-refractivity contribution in [2.45, 2.75) is 44.1 Å². The van der Waals surface area contributed by atoms with Gasteiger partial charge in [0.2, 0.25) is 0 Å². The molecule has 1 aromatic carbocycles. The van der Waals surface area contributed by atoms with E-state index in [-0.39, 0.29) is 17.4 Å². The highest BCUT2D eigenvalue weighted by molar-refractivity contribution is 7.91. The van der Waals surface area contributed by atoms with E-state index in [2.05, 4.69) is 46.1 Å². The molecule has 0 spiro atoms. The van der Waals surface area contributed by atoms with Crippen LogP contribution >= 0.6 is 0 Å². The van der Waals surface area contributed by atoms with Gasteiger partial charge in [0.05, 0.1) is 30.3 Å². The highest BCUT2D eigenvalue weighted by Crippen LogP contribution is 2.31. The molecule has 2 aromatic rings. The summed E-state index contributed by atoms with van der Waals surface area (Å²) in [7, 11) is 0. The van der Waals surface area contributed by atoms with Gasteiger partial charge in [0.1, 0.15) is 11.1 Å². The predicted molar refractivity (Wildman–Crippen MR) is 102 cm³/mol. The van der Waals surface area contributed by atoms with Crippen LogP contribution in [0.5, 0.6) is 0 Å². The van der Waals surface area contributed by atoms with Crippen molar-refractivity contribution in [3.63, 3.8) is 0 Å². The molecule has 4 unspecified atom stereocenters. The first-order valence-corrected chi connectivity index (χ1v) is 10.4. The van der Waals surface area contributed by atoms with Crippen molar-refractivity contribution in [2.75, 3.05) is 19.3 Å². The minimum Gasteiger partial charge on any atom is -0.616 e. The lowest BCUT2D eigenvalue weighted by Gasteiger charge is -2.38. The number of piperidine rings is 1. The summed E-state index contributed by atoms with van der Waals surface area (Å²) >= 11 is -0.875. The molecule has 4 atom stereocenters. The molecular formula is C19H27N3O2S. The van der Waals surface area contributed by atoms with Crippen LogP contribution in [-0.4, -0.2) is 55.2 Å². The highest BCUT2D eigenvalue weighted by atomic mass is 32.2. The molecule has 1 aliphatic heterocycles. The van der Waals surface area contributed by atoms with Crippen LogP contribution < -0.4 is 0 Å². The van der Waals surface area contributed by atoms with Gasteiger partial charge in [-0.2, -0.15) is 0 Å². The molecule has 1 aromatic heterocycles. The molecule has 0 saturated carbocycles. The van der Waals surface area contributed by atoms with E-state index in [0.29, 0.717) is 13.1 Å². The van der Waals surface area contributed by atoms with Gasteiger partial charge >= 0.3 is 0 Å². The number of benzene rings is 1. The van der Waals surface area contributed by atoms with E-state index in [4.69, 9.17) is 0 Å². The van der Waals surface area contributed by atoms with Crippen LogP contribution in [0.15, 0.2) is 30.5 Å². The SMILES string of the molecule is Cc1ccc(-c2cnc(C3CCC(O)CN3CC(C)[S+](C)[O-])[nH]2)cc1. The fraction of sp³-hybridized carbons (Fsp3) is 0.526. The molecule has 0 aliphatic carbocycles. The number of nitrogens with zero attached hydrogens (tertiary/aromatic N) is 2. The number of nitrogens with one attached hydrogen (secondary N) is 1. The Labute approximate surface area is 152 Å². The maximum Gasteiger partial charge on any atom is 0.125 e. The van der Waals surface area contributed by atoms with E-state index < -0.39 is 11.2 Å². The fourth-order valence-corrected chi connectivity index (χ4v) is 3.76. The Morgan fingerprint density at radius 3 is 2.76 bits per heavy atom. The summed E-state index contributed by atoms with van der Waals surface area (Å²) in [6.07, 6.45) is 4.92. The maximum absolute atomic E-state index is 11.8. The van der Waals surface area contributed by atoms with Crippen molar-refractivity contribution < 1.29 is 9.66 Å². The van der Waals surface area contributed by atoms with Gasteiger partial charge in [-0.15, -0.1) is 0 Å². The normalized spacial score (nSPS) is 24.2. The average molecular weight is 362 g/mol. The van der Waals surface area contributed by atoms with Gasteiger partial charge in [-0.3, -0.25) is 4.90 Å². The number of likely N-dealkylation sites (tertiary alicyclic amines) is 1. The number of aliphatic hydroxyl groups excluding tert-OH is 1. The number of aromatic amines is 1. The molecular weight excluding hydrogens is 334 g/mol. The van der Waals surface area contributed by atoms with E-state index in [1.54, 1.807) is 6.26 Å². The number of imidazole rings is 1. The summed E-state index contributed by atoms with van der Waals surface area (Å²) in [6, 6.07) is 8.51. The Bertz CT molecular complexity index is 686. The van der Waals surface area contributed by atoms with Gasteiger partial charge in [-0.05, 0) is 32.3 Å². The van der Waals surface area contributed by atoms with E-state index in [0.717, 1.165) is 29.9 Å². The second-order valence-corrected chi connectivity index (χ2v) is 8.86. The lowest BCUT2D eigenvalue weighted by atomic mass is 9.99. The van der Waals surface area contributed by atoms with Crippen LogP contribution in [-0.2, 0) is 11.2 Å². The number of aliphatic hydroxyl groups is 1. The third-order valence-corrected chi connectivity index (χ3v) is 6.27. The van der Waals surface area contributed by atoms with Gasteiger partial charge in [0.15, 0.2) is 0 Å². The summed E-state index contributed by atoms with van der Waals surface area (Å²) in [5.41, 5.74) is 3.36. The van der Waals surface area contributed by atoms with Gasteiger partial charge < -0.3 is 14.6 Å². The monoisotopic (exact) mass is 361 g/mol.